The minimum atomic E-state index is -1.36. The van der Waals surface area contributed by atoms with Crippen molar-refractivity contribution in [2.24, 2.45) is 5.92 Å². The van der Waals surface area contributed by atoms with Crippen LogP contribution in [0.1, 0.15) is 6.92 Å². The van der Waals surface area contributed by atoms with Gasteiger partial charge in [0, 0.05) is 0 Å². The number of aliphatic hydroxyl groups excluding tert-OH is 1. The molecule has 12 heavy (non-hydrogen) atoms. The number of hydrogen-bond donors (Lipinski definition) is 1. The van der Waals surface area contributed by atoms with Gasteiger partial charge in [-0.3, -0.25) is 4.79 Å². The van der Waals surface area contributed by atoms with E-state index in [4.69, 9.17) is 5.11 Å². The van der Waals surface area contributed by atoms with Gasteiger partial charge in [0.25, 0.3) is 0 Å². The molecule has 1 aliphatic heterocycles. The number of cyclic esters (lactones) is 1. The highest BCUT2D eigenvalue weighted by Crippen LogP contribution is 2.16. The lowest BCUT2D eigenvalue weighted by Gasteiger charge is -2.07. The fourth-order valence-electron chi connectivity index (χ4n) is 0.959. The lowest BCUT2D eigenvalue weighted by atomic mass is 10.1. The number of esters is 2. The molecule has 1 fully saturated rings. The van der Waals surface area contributed by atoms with Crippen LogP contribution >= 0.6 is 0 Å². The Morgan fingerprint density at radius 3 is 2.92 bits per heavy atom. The van der Waals surface area contributed by atoms with E-state index in [-0.39, 0.29) is 13.2 Å². The number of ether oxygens (including phenoxy) is 2. The molecule has 0 aliphatic carbocycles. The lowest BCUT2D eigenvalue weighted by molar-refractivity contribution is -0.152. The summed E-state index contributed by atoms with van der Waals surface area (Å²) in [7, 11) is 0. The van der Waals surface area contributed by atoms with E-state index in [0.29, 0.717) is 0 Å². The van der Waals surface area contributed by atoms with Gasteiger partial charge in [0.05, 0.1) is 6.61 Å². The maximum atomic E-state index is 11.0. The predicted octanol–water partition coefficient (Wildman–Crippen LogP) is -0.917. The molecule has 0 saturated carbocycles. The van der Waals surface area contributed by atoms with E-state index in [1.807, 2.05) is 0 Å². The third-order valence-electron chi connectivity index (χ3n) is 1.62. The summed E-state index contributed by atoms with van der Waals surface area (Å²) < 4.78 is 9.07. The Hall–Kier alpha value is -1.10. The standard InChI is InChI=1S/C7H10O5/c1-2-11-6(9)4-3-12-7(10)5(4)8/h4-5,8H,2-3H2,1H3. The van der Waals surface area contributed by atoms with E-state index in [2.05, 4.69) is 9.47 Å². The molecule has 1 saturated heterocycles. The number of aliphatic hydroxyl groups is 1. The van der Waals surface area contributed by atoms with Gasteiger partial charge in [-0.25, -0.2) is 4.79 Å². The molecule has 0 aromatic rings. The molecule has 0 bridgehead atoms. The second-order valence-electron chi connectivity index (χ2n) is 2.43. The van der Waals surface area contributed by atoms with Crippen LogP contribution in [0, 0.1) is 5.92 Å². The summed E-state index contributed by atoms with van der Waals surface area (Å²) >= 11 is 0. The van der Waals surface area contributed by atoms with Gasteiger partial charge in [-0.15, -0.1) is 0 Å². The summed E-state index contributed by atoms with van der Waals surface area (Å²) in [6.07, 6.45) is -1.36. The first-order valence-corrected chi connectivity index (χ1v) is 3.68. The van der Waals surface area contributed by atoms with Gasteiger partial charge in [-0.2, -0.15) is 0 Å². The second kappa shape index (κ2) is 3.53. The quantitative estimate of drug-likeness (QED) is 0.548. The SMILES string of the molecule is CCOC(=O)C1COC(=O)C1O. The monoisotopic (exact) mass is 174 g/mol. The minimum absolute atomic E-state index is 0.0845. The Morgan fingerprint density at radius 2 is 2.50 bits per heavy atom. The van der Waals surface area contributed by atoms with Crippen molar-refractivity contribution in [3.8, 4) is 0 Å². The lowest BCUT2D eigenvalue weighted by Crippen LogP contribution is -2.30. The first-order chi connectivity index (χ1) is 5.66. The number of rotatable bonds is 2. The highest BCUT2D eigenvalue weighted by molar-refractivity contribution is 5.86. The first kappa shape index (κ1) is 8.99. The van der Waals surface area contributed by atoms with Crippen LogP contribution in [0.2, 0.25) is 0 Å². The zero-order valence-corrected chi connectivity index (χ0v) is 6.65. The van der Waals surface area contributed by atoms with Crippen LogP contribution in [-0.2, 0) is 19.1 Å². The molecular weight excluding hydrogens is 164 g/mol. The summed E-state index contributed by atoms with van der Waals surface area (Å²) in [6, 6.07) is 0. The zero-order valence-electron chi connectivity index (χ0n) is 6.65. The molecule has 2 unspecified atom stereocenters. The van der Waals surface area contributed by atoms with Gasteiger partial charge < -0.3 is 14.6 Å². The van der Waals surface area contributed by atoms with E-state index in [0.717, 1.165) is 0 Å². The van der Waals surface area contributed by atoms with E-state index >= 15 is 0 Å². The van der Waals surface area contributed by atoms with Crippen LogP contribution in [0.4, 0.5) is 0 Å². The van der Waals surface area contributed by atoms with Crippen LogP contribution in [0.15, 0.2) is 0 Å². The highest BCUT2D eigenvalue weighted by atomic mass is 16.6. The maximum Gasteiger partial charge on any atom is 0.336 e. The molecule has 1 N–H and O–H groups in total. The van der Waals surface area contributed by atoms with Crippen LogP contribution in [0.3, 0.4) is 0 Å². The largest absolute Gasteiger partial charge is 0.466 e. The van der Waals surface area contributed by atoms with Crippen molar-refractivity contribution in [1.82, 2.24) is 0 Å². The van der Waals surface area contributed by atoms with Crippen molar-refractivity contribution in [2.75, 3.05) is 13.2 Å². The second-order valence-corrected chi connectivity index (χ2v) is 2.43. The third-order valence-corrected chi connectivity index (χ3v) is 1.62. The Labute approximate surface area is 69.3 Å². The van der Waals surface area contributed by atoms with Crippen LogP contribution < -0.4 is 0 Å². The molecule has 1 heterocycles. The van der Waals surface area contributed by atoms with Gasteiger partial charge in [-0.1, -0.05) is 0 Å². The average molecular weight is 174 g/mol. The molecule has 0 amide bonds. The van der Waals surface area contributed by atoms with Crippen LogP contribution in [0.5, 0.6) is 0 Å². The normalized spacial score (nSPS) is 28.3. The summed E-state index contributed by atoms with van der Waals surface area (Å²) in [5.41, 5.74) is 0. The van der Waals surface area contributed by atoms with Crippen molar-refractivity contribution in [1.29, 1.82) is 0 Å². The summed E-state index contributed by atoms with van der Waals surface area (Å²) in [5, 5.41) is 9.08. The molecular formula is C7H10O5. The van der Waals surface area contributed by atoms with E-state index < -0.39 is 24.0 Å². The Balaban J connectivity index is 2.53. The average Bonchev–Trinajstić information content (AvgIpc) is 2.34. The van der Waals surface area contributed by atoms with E-state index in [1.54, 1.807) is 6.92 Å². The molecule has 68 valence electrons. The number of carbonyl (C=O) groups excluding carboxylic acids is 2. The van der Waals surface area contributed by atoms with E-state index in [9.17, 15) is 9.59 Å². The van der Waals surface area contributed by atoms with Gasteiger partial charge >= 0.3 is 11.9 Å². The van der Waals surface area contributed by atoms with Gasteiger partial charge in [0.2, 0.25) is 0 Å². The molecule has 2 atom stereocenters. The molecule has 0 radical (unpaired) electrons. The zero-order chi connectivity index (χ0) is 9.14. The maximum absolute atomic E-state index is 11.0. The fraction of sp³-hybridized carbons (Fsp3) is 0.714. The number of hydrogen-bond acceptors (Lipinski definition) is 5. The Morgan fingerprint density at radius 1 is 1.83 bits per heavy atom. The molecule has 0 aromatic carbocycles. The molecule has 5 heteroatoms. The van der Waals surface area contributed by atoms with Crippen LogP contribution in [-0.4, -0.2) is 36.4 Å². The molecule has 1 aliphatic rings. The van der Waals surface area contributed by atoms with Crippen LogP contribution in [0.25, 0.3) is 0 Å². The number of carbonyl (C=O) groups is 2. The Bertz CT molecular complexity index is 200. The molecule has 5 nitrogen and oxygen atoms in total. The van der Waals surface area contributed by atoms with Crippen molar-refractivity contribution in [2.45, 2.75) is 13.0 Å². The molecule has 0 spiro atoms. The first-order valence-electron chi connectivity index (χ1n) is 3.68. The van der Waals surface area contributed by atoms with E-state index in [1.165, 1.54) is 0 Å². The van der Waals surface area contributed by atoms with Gasteiger partial charge in [-0.05, 0) is 6.92 Å². The van der Waals surface area contributed by atoms with Crippen molar-refractivity contribution < 1.29 is 24.2 Å². The topological polar surface area (TPSA) is 72.8 Å². The van der Waals surface area contributed by atoms with Crippen molar-refractivity contribution in [3.63, 3.8) is 0 Å². The fourth-order valence-corrected chi connectivity index (χ4v) is 0.959. The third kappa shape index (κ3) is 1.55. The molecule has 0 aromatic heterocycles. The highest BCUT2D eigenvalue weighted by Gasteiger charge is 2.41. The summed E-state index contributed by atoms with van der Waals surface area (Å²) in [5.74, 6) is -2.19. The summed E-state index contributed by atoms with van der Waals surface area (Å²) in [6.45, 7) is 1.80. The molecule has 1 rings (SSSR count). The predicted molar refractivity (Wildman–Crippen MR) is 37.1 cm³/mol. The van der Waals surface area contributed by atoms with Gasteiger partial charge in [0.1, 0.15) is 12.5 Å². The summed E-state index contributed by atoms with van der Waals surface area (Å²) in [4.78, 5) is 21.6. The van der Waals surface area contributed by atoms with Crippen molar-refractivity contribution >= 4 is 11.9 Å². The minimum Gasteiger partial charge on any atom is -0.466 e. The van der Waals surface area contributed by atoms with Crippen molar-refractivity contribution in [3.05, 3.63) is 0 Å². The Kier molecular flexibility index (Phi) is 2.65. The van der Waals surface area contributed by atoms with Gasteiger partial charge in [0.15, 0.2) is 6.10 Å². The smallest absolute Gasteiger partial charge is 0.336 e.